The van der Waals surface area contributed by atoms with Crippen molar-refractivity contribution in [3.05, 3.63) is 46.1 Å². The topological polar surface area (TPSA) is 59.2 Å². The van der Waals surface area contributed by atoms with Gasteiger partial charge in [-0.05, 0) is 43.9 Å². The predicted molar refractivity (Wildman–Crippen MR) is 87.4 cm³/mol. The zero-order chi connectivity index (χ0) is 16.6. The number of amides is 1. The summed E-state index contributed by atoms with van der Waals surface area (Å²) in [5, 5.41) is 4.14. The molecule has 2 heterocycles. The largest absolute Gasteiger partial charge is 0.342 e. The highest BCUT2D eigenvalue weighted by atomic mass is 16.5. The molecule has 0 saturated carbocycles. The number of carbonyl (C=O) groups is 1. The Morgan fingerprint density at radius 3 is 2.61 bits per heavy atom. The molecule has 1 amide bonds. The number of aryl methyl sites for hydroxylation is 3. The Morgan fingerprint density at radius 2 is 2.00 bits per heavy atom. The normalized spacial score (nSPS) is 17.7. The monoisotopic (exact) mass is 313 g/mol. The number of likely N-dealkylation sites (tertiary alicyclic amines) is 1. The molecule has 0 N–H and O–H groups in total. The minimum absolute atomic E-state index is 0.109. The van der Waals surface area contributed by atoms with Crippen LogP contribution in [0.3, 0.4) is 0 Å². The number of aromatic nitrogens is 2. The Labute approximate surface area is 136 Å². The summed E-state index contributed by atoms with van der Waals surface area (Å²) in [5.74, 6) is 1.65. The first-order valence-corrected chi connectivity index (χ1v) is 8.08. The van der Waals surface area contributed by atoms with Crippen molar-refractivity contribution in [2.24, 2.45) is 0 Å². The highest BCUT2D eigenvalue weighted by molar-refractivity contribution is 5.73. The third kappa shape index (κ3) is 3.28. The summed E-state index contributed by atoms with van der Waals surface area (Å²) in [7, 11) is 0. The summed E-state index contributed by atoms with van der Waals surface area (Å²) in [5.41, 5.74) is 5.06. The predicted octanol–water partition coefficient (Wildman–Crippen LogP) is 2.92. The van der Waals surface area contributed by atoms with E-state index in [1.807, 2.05) is 4.90 Å². The molecule has 5 nitrogen and oxygen atoms in total. The van der Waals surface area contributed by atoms with Crippen molar-refractivity contribution in [3.63, 3.8) is 0 Å². The van der Waals surface area contributed by atoms with Crippen molar-refractivity contribution in [1.82, 2.24) is 15.0 Å². The fourth-order valence-corrected chi connectivity index (χ4v) is 3.40. The Hall–Kier alpha value is -2.17. The van der Waals surface area contributed by atoms with Crippen LogP contribution < -0.4 is 0 Å². The summed E-state index contributed by atoms with van der Waals surface area (Å²) in [6.07, 6.45) is 1.58. The quantitative estimate of drug-likeness (QED) is 0.874. The first-order chi connectivity index (χ1) is 10.9. The van der Waals surface area contributed by atoms with E-state index < -0.39 is 0 Å². The van der Waals surface area contributed by atoms with E-state index in [0.717, 1.165) is 18.8 Å². The Morgan fingerprint density at radius 1 is 1.30 bits per heavy atom. The molecule has 5 heteroatoms. The lowest BCUT2D eigenvalue weighted by atomic mass is 9.97. The molecule has 0 aliphatic carbocycles. The molecule has 1 aliphatic heterocycles. The third-order valence-electron chi connectivity index (χ3n) is 4.64. The Bertz CT molecular complexity index is 713. The van der Waals surface area contributed by atoms with Crippen molar-refractivity contribution in [3.8, 4) is 0 Å². The van der Waals surface area contributed by atoms with Crippen LogP contribution in [-0.2, 0) is 11.2 Å². The number of rotatable bonds is 3. The van der Waals surface area contributed by atoms with E-state index in [-0.39, 0.29) is 11.8 Å². The van der Waals surface area contributed by atoms with Gasteiger partial charge in [-0.1, -0.05) is 22.9 Å². The van der Waals surface area contributed by atoms with E-state index in [4.69, 9.17) is 4.52 Å². The first-order valence-electron chi connectivity index (χ1n) is 8.08. The van der Waals surface area contributed by atoms with Crippen molar-refractivity contribution < 1.29 is 9.32 Å². The molecule has 1 aliphatic rings. The fourth-order valence-electron chi connectivity index (χ4n) is 3.40. The maximum Gasteiger partial charge on any atom is 0.231 e. The van der Waals surface area contributed by atoms with Crippen LogP contribution in [0.15, 0.2) is 16.7 Å². The van der Waals surface area contributed by atoms with Crippen LogP contribution in [0, 0.1) is 20.8 Å². The van der Waals surface area contributed by atoms with E-state index in [0.29, 0.717) is 18.9 Å². The molecule has 3 rings (SSSR count). The molecule has 0 radical (unpaired) electrons. The van der Waals surface area contributed by atoms with Crippen molar-refractivity contribution >= 4 is 5.91 Å². The smallest absolute Gasteiger partial charge is 0.231 e. The van der Waals surface area contributed by atoms with Gasteiger partial charge in [-0.15, -0.1) is 0 Å². The van der Waals surface area contributed by atoms with E-state index in [1.54, 1.807) is 6.92 Å². The van der Waals surface area contributed by atoms with Gasteiger partial charge in [-0.2, -0.15) is 4.98 Å². The lowest BCUT2D eigenvalue weighted by Crippen LogP contribution is -2.25. The summed E-state index contributed by atoms with van der Waals surface area (Å²) in [4.78, 5) is 17.8. The summed E-state index contributed by atoms with van der Waals surface area (Å²) >= 11 is 0. The van der Waals surface area contributed by atoms with Crippen LogP contribution >= 0.6 is 0 Å². The summed E-state index contributed by atoms with van der Waals surface area (Å²) in [6.45, 7) is 9.41. The van der Waals surface area contributed by atoms with Gasteiger partial charge >= 0.3 is 0 Å². The molecule has 1 aromatic carbocycles. The second-order valence-corrected chi connectivity index (χ2v) is 6.55. The van der Waals surface area contributed by atoms with E-state index in [1.165, 1.54) is 22.3 Å². The van der Waals surface area contributed by atoms with Crippen molar-refractivity contribution in [1.29, 1.82) is 0 Å². The molecule has 1 aromatic heterocycles. The second-order valence-electron chi connectivity index (χ2n) is 6.55. The highest BCUT2D eigenvalue weighted by Crippen LogP contribution is 2.26. The number of hydrogen-bond donors (Lipinski definition) is 0. The SMILES string of the molecule is CC(=O)N1CC[C@H](c2nc(Cc3c(C)cc(C)cc3C)no2)C1. The zero-order valence-electron chi connectivity index (χ0n) is 14.2. The average Bonchev–Trinajstić information content (AvgIpc) is 3.11. The minimum atomic E-state index is 0.109. The number of nitrogens with zero attached hydrogens (tertiary/aromatic N) is 3. The van der Waals surface area contributed by atoms with Gasteiger partial charge in [0.15, 0.2) is 5.82 Å². The van der Waals surface area contributed by atoms with E-state index >= 15 is 0 Å². The standard InChI is InChI=1S/C18H23N3O2/c1-11-7-12(2)16(13(3)8-11)9-17-19-18(23-20-17)15-5-6-21(10-15)14(4)22/h7-8,15H,5-6,9-10H2,1-4H3/t15-/m0/s1. The second kappa shape index (κ2) is 6.14. The molecule has 1 saturated heterocycles. The zero-order valence-corrected chi connectivity index (χ0v) is 14.2. The van der Waals surface area contributed by atoms with Gasteiger partial charge in [0.05, 0.1) is 5.92 Å². The van der Waals surface area contributed by atoms with Crippen LogP contribution in [0.5, 0.6) is 0 Å². The van der Waals surface area contributed by atoms with Crippen molar-refractivity contribution in [2.75, 3.05) is 13.1 Å². The number of hydrogen-bond acceptors (Lipinski definition) is 4. The number of carbonyl (C=O) groups excluding carboxylic acids is 1. The molecule has 0 bridgehead atoms. The Kier molecular flexibility index (Phi) is 4.20. The molecule has 122 valence electrons. The van der Waals surface area contributed by atoms with Crippen LogP contribution in [0.1, 0.15) is 53.2 Å². The van der Waals surface area contributed by atoms with Crippen LogP contribution in [0.4, 0.5) is 0 Å². The van der Waals surface area contributed by atoms with Gasteiger partial charge in [-0.25, -0.2) is 0 Å². The van der Waals surface area contributed by atoms with Gasteiger partial charge in [0.1, 0.15) is 0 Å². The molecule has 23 heavy (non-hydrogen) atoms. The highest BCUT2D eigenvalue weighted by Gasteiger charge is 2.29. The molecule has 0 unspecified atom stereocenters. The van der Waals surface area contributed by atoms with Gasteiger partial charge in [0, 0.05) is 26.4 Å². The van der Waals surface area contributed by atoms with Gasteiger partial charge in [-0.3, -0.25) is 4.79 Å². The fraction of sp³-hybridized carbons (Fsp3) is 0.500. The average molecular weight is 313 g/mol. The summed E-state index contributed by atoms with van der Waals surface area (Å²) < 4.78 is 5.45. The first kappa shape index (κ1) is 15.7. The maximum atomic E-state index is 11.4. The van der Waals surface area contributed by atoms with E-state index in [9.17, 15) is 4.79 Å². The lowest BCUT2D eigenvalue weighted by molar-refractivity contribution is -0.127. The van der Waals surface area contributed by atoms with Gasteiger partial charge in [0.2, 0.25) is 11.8 Å². The lowest BCUT2D eigenvalue weighted by Gasteiger charge is -2.11. The van der Waals surface area contributed by atoms with Crippen LogP contribution in [0.25, 0.3) is 0 Å². The number of benzene rings is 1. The molecule has 2 aromatic rings. The molecule has 1 fully saturated rings. The molecule has 0 spiro atoms. The third-order valence-corrected chi connectivity index (χ3v) is 4.64. The van der Waals surface area contributed by atoms with Crippen molar-refractivity contribution in [2.45, 2.75) is 46.5 Å². The minimum Gasteiger partial charge on any atom is -0.342 e. The maximum absolute atomic E-state index is 11.4. The van der Waals surface area contributed by atoms with Crippen LogP contribution in [-0.4, -0.2) is 34.0 Å². The van der Waals surface area contributed by atoms with E-state index in [2.05, 4.69) is 43.0 Å². The van der Waals surface area contributed by atoms with Gasteiger partial charge in [0.25, 0.3) is 0 Å². The molecule has 1 atom stereocenters. The molecular weight excluding hydrogens is 290 g/mol. The Balaban J connectivity index is 1.75. The van der Waals surface area contributed by atoms with Crippen LogP contribution in [0.2, 0.25) is 0 Å². The molecular formula is C18H23N3O2. The summed E-state index contributed by atoms with van der Waals surface area (Å²) in [6, 6.07) is 4.37. The van der Waals surface area contributed by atoms with Gasteiger partial charge < -0.3 is 9.42 Å².